The second-order valence-electron chi connectivity index (χ2n) is 8.71. The van der Waals surface area contributed by atoms with Crippen LogP contribution in [-0.2, 0) is 5.41 Å². The molecule has 1 unspecified atom stereocenters. The highest BCUT2D eigenvalue weighted by Crippen LogP contribution is 2.38. The lowest BCUT2D eigenvalue weighted by atomic mass is 9.72. The molecule has 2 rings (SSSR count). The van der Waals surface area contributed by atoms with E-state index < -0.39 is 5.67 Å². The van der Waals surface area contributed by atoms with Crippen molar-refractivity contribution < 1.29 is 4.39 Å². The summed E-state index contributed by atoms with van der Waals surface area (Å²) in [6, 6.07) is 8.64. The highest BCUT2D eigenvalue weighted by atomic mass is 19.1. The van der Waals surface area contributed by atoms with Gasteiger partial charge >= 0.3 is 0 Å². The third-order valence-corrected chi connectivity index (χ3v) is 4.26. The zero-order chi connectivity index (χ0) is 16.6. The maximum atomic E-state index is 14.2. The Bertz CT molecular complexity index is 595. The van der Waals surface area contributed by atoms with Gasteiger partial charge in [-0.25, -0.2) is 4.39 Å². The molecule has 0 heterocycles. The summed E-state index contributed by atoms with van der Waals surface area (Å²) in [4.78, 5) is 0. The molecular formula is C21H29F. The van der Waals surface area contributed by atoms with Gasteiger partial charge in [0, 0.05) is 6.42 Å². The molecule has 0 saturated heterocycles. The largest absolute Gasteiger partial charge is 0.239 e. The molecule has 22 heavy (non-hydrogen) atoms. The minimum atomic E-state index is -1.24. The molecule has 0 N–H and O–H groups in total. The van der Waals surface area contributed by atoms with Crippen LogP contribution in [0.4, 0.5) is 4.39 Å². The van der Waals surface area contributed by atoms with Gasteiger partial charge < -0.3 is 0 Å². The zero-order valence-corrected chi connectivity index (χ0v) is 14.8. The fourth-order valence-corrected chi connectivity index (χ4v) is 3.62. The van der Waals surface area contributed by atoms with E-state index in [1.165, 1.54) is 5.56 Å². The molecule has 0 bridgehead atoms. The number of benzene rings is 1. The Morgan fingerprint density at radius 2 is 1.82 bits per heavy atom. The fourth-order valence-electron chi connectivity index (χ4n) is 3.62. The summed E-state index contributed by atoms with van der Waals surface area (Å²) in [5.74, 6) is 0. The summed E-state index contributed by atoms with van der Waals surface area (Å²) in [5.41, 5.74) is 2.72. The molecule has 0 aromatic heterocycles. The quantitative estimate of drug-likeness (QED) is 0.600. The van der Waals surface area contributed by atoms with E-state index in [9.17, 15) is 4.39 Å². The van der Waals surface area contributed by atoms with Crippen LogP contribution in [0.25, 0.3) is 5.57 Å². The third kappa shape index (κ3) is 4.32. The molecule has 0 nitrogen and oxygen atoms in total. The van der Waals surface area contributed by atoms with Crippen LogP contribution in [0.1, 0.15) is 65.5 Å². The van der Waals surface area contributed by atoms with Crippen molar-refractivity contribution in [2.45, 2.75) is 65.5 Å². The summed E-state index contributed by atoms with van der Waals surface area (Å²) < 4.78 is 14.2. The molecule has 1 aliphatic rings. The van der Waals surface area contributed by atoms with E-state index in [1.807, 2.05) is 12.2 Å². The van der Waals surface area contributed by atoms with Crippen LogP contribution in [0.3, 0.4) is 0 Å². The first-order valence-electron chi connectivity index (χ1n) is 8.17. The van der Waals surface area contributed by atoms with Crippen LogP contribution < -0.4 is 0 Å². The van der Waals surface area contributed by atoms with E-state index in [-0.39, 0.29) is 10.8 Å². The van der Waals surface area contributed by atoms with Gasteiger partial charge in [0.25, 0.3) is 0 Å². The molecule has 1 aromatic carbocycles. The highest BCUT2D eigenvalue weighted by Gasteiger charge is 2.28. The third-order valence-electron chi connectivity index (χ3n) is 4.26. The summed E-state index contributed by atoms with van der Waals surface area (Å²) in [7, 11) is 0. The molecular weight excluding hydrogens is 271 g/mol. The molecule has 0 amide bonds. The van der Waals surface area contributed by atoms with Crippen LogP contribution in [0.15, 0.2) is 42.5 Å². The van der Waals surface area contributed by atoms with Crippen molar-refractivity contribution in [1.82, 2.24) is 0 Å². The lowest BCUT2D eigenvalue weighted by molar-refractivity contribution is 0.263. The monoisotopic (exact) mass is 300 g/mol. The standard InChI is InChI=1S/C21H29F/c1-19(2,3)15-20(4,5)18-11-7-9-16(13-18)17-10-8-12-21(6,22)14-17/h7-13H,14-15H2,1-6H3. The van der Waals surface area contributed by atoms with Gasteiger partial charge in [0.05, 0.1) is 0 Å². The molecule has 0 spiro atoms. The van der Waals surface area contributed by atoms with E-state index in [1.54, 1.807) is 13.0 Å². The topological polar surface area (TPSA) is 0 Å². The Labute approximate surface area is 135 Å². The van der Waals surface area contributed by atoms with Crippen LogP contribution in [0.5, 0.6) is 0 Å². The van der Waals surface area contributed by atoms with Gasteiger partial charge in [-0.3, -0.25) is 0 Å². The zero-order valence-electron chi connectivity index (χ0n) is 14.8. The van der Waals surface area contributed by atoms with Crippen molar-refractivity contribution in [3.05, 3.63) is 53.6 Å². The Balaban J connectivity index is 2.31. The van der Waals surface area contributed by atoms with Crippen LogP contribution >= 0.6 is 0 Å². The Morgan fingerprint density at radius 3 is 2.41 bits per heavy atom. The van der Waals surface area contributed by atoms with Crippen molar-refractivity contribution in [3.63, 3.8) is 0 Å². The molecule has 1 heteroatoms. The average Bonchev–Trinajstić information content (AvgIpc) is 2.35. The molecule has 0 radical (unpaired) electrons. The average molecular weight is 300 g/mol. The molecule has 0 fully saturated rings. The Morgan fingerprint density at radius 1 is 1.14 bits per heavy atom. The van der Waals surface area contributed by atoms with E-state index >= 15 is 0 Å². The molecule has 120 valence electrons. The molecule has 1 aliphatic carbocycles. The Kier molecular flexibility index (Phi) is 4.39. The lowest BCUT2D eigenvalue weighted by Gasteiger charge is -2.33. The second-order valence-corrected chi connectivity index (χ2v) is 8.71. The van der Waals surface area contributed by atoms with Gasteiger partial charge in [0.2, 0.25) is 0 Å². The van der Waals surface area contributed by atoms with Crippen LogP contribution in [-0.4, -0.2) is 5.67 Å². The summed E-state index contributed by atoms with van der Waals surface area (Å²) in [6.07, 6.45) is 7.09. The van der Waals surface area contributed by atoms with Gasteiger partial charge in [-0.15, -0.1) is 0 Å². The number of hydrogen-bond acceptors (Lipinski definition) is 0. The van der Waals surface area contributed by atoms with E-state index in [0.29, 0.717) is 6.42 Å². The van der Waals surface area contributed by atoms with Crippen molar-refractivity contribution in [2.24, 2.45) is 5.41 Å². The number of halogens is 1. The van der Waals surface area contributed by atoms with E-state index in [4.69, 9.17) is 0 Å². The predicted octanol–water partition coefficient (Wildman–Crippen LogP) is 6.47. The van der Waals surface area contributed by atoms with E-state index in [2.05, 4.69) is 58.9 Å². The minimum absolute atomic E-state index is 0.109. The van der Waals surface area contributed by atoms with Crippen LogP contribution in [0.2, 0.25) is 0 Å². The van der Waals surface area contributed by atoms with Crippen molar-refractivity contribution in [2.75, 3.05) is 0 Å². The van der Waals surface area contributed by atoms with E-state index in [0.717, 1.165) is 17.6 Å². The Hall–Kier alpha value is -1.37. The SMILES string of the molecule is CC(C)(C)CC(C)(C)c1cccc(C2=CC=CC(C)(F)C2)c1. The molecule has 0 saturated carbocycles. The lowest BCUT2D eigenvalue weighted by Crippen LogP contribution is -2.25. The van der Waals surface area contributed by atoms with Gasteiger partial charge in [0.15, 0.2) is 0 Å². The first kappa shape index (κ1) is 17.0. The van der Waals surface area contributed by atoms with Gasteiger partial charge in [-0.05, 0) is 47.0 Å². The molecule has 1 atom stereocenters. The fraction of sp³-hybridized carbons (Fsp3) is 0.524. The minimum Gasteiger partial charge on any atom is -0.239 e. The number of rotatable bonds is 3. The molecule has 0 aliphatic heterocycles. The van der Waals surface area contributed by atoms with Gasteiger partial charge in [0.1, 0.15) is 5.67 Å². The van der Waals surface area contributed by atoms with Crippen LogP contribution in [0, 0.1) is 5.41 Å². The van der Waals surface area contributed by atoms with Crippen molar-refractivity contribution in [3.8, 4) is 0 Å². The van der Waals surface area contributed by atoms with Gasteiger partial charge in [-0.2, -0.15) is 0 Å². The number of allylic oxidation sites excluding steroid dienone is 4. The number of hydrogen-bond donors (Lipinski definition) is 0. The van der Waals surface area contributed by atoms with Crippen molar-refractivity contribution in [1.29, 1.82) is 0 Å². The predicted molar refractivity (Wildman–Crippen MR) is 94.8 cm³/mol. The summed E-state index contributed by atoms with van der Waals surface area (Å²) >= 11 is 0. The van der Waals surface area contributed by atoms with Gasteiger partial charge in [-0.1, -0.05) is 71.0 Å². The maximum Gasteiger partial charge on any atom is 0.130 e. The normalized spacial score (nSPS) is 22.6. The first-order chi connectivity index (χ1) is 9.99. The first-order valence-corrected chi connectivity index (χ1v) is 8.17. The highest BCUT2D eigenvalue weighted by molar-refractivity contribution is 5.70. The maximum absolute atomic E-state index is 14.2. The van der Waals surface area contributed by atoms with Crippen molar-refractivity contribution >= 4 is 5.57 Å². The molecule has 1 aromatic rings. The second kappa shape index (κ2) is 5.68. The summed E-state index contributed by atoms with van der Waals surface area (Å²) in [6.45, 7) is 13.1. The smallest absolute Gasteiger partial charge is 0.130 e. The number of alkyl halides is 1. The summed E-state index contributed by atoms with van der Waals surface area (Å²) in [5, 5.41) is 0.